The lowest BCUT2D eigenvalue weighted by Gasteiger charge is -2.15. The molecule has 0 amide bonds. The SMILES string of the molecule is CNC(Cc1ccn(C(C)C)n1)c1cc(C)ccn1. The van der Waals surface area contributed by atoms with Crippen LogP contribution < -0.4 is 5.32 Å². The largest absolute Gasteiger partial charge is 0.311 e. The first-order chi connectivity index (χ1) is 9.10. The minimum Gasteiger partial charge on any atom is -0.311 e. The molecular weight excluding hydrogens is 236 g/mol. The zero-order valence-electron chi connectivity index (χ0n) is 12.1. The van der Waals surface area contributed by atoms with E-state index >= 15 is 0 Å². The average Bonchev–Trinajstić information content (AvgIpc) is 2.84. The van der Waals surface area contributed by atoms with Gasteiger partial charge in [-0.2, -0.15) is 5.10 Å². The summed E-state index contributed by atoms with van der Waals surface area (Å²) in [5.74, 6) is 0. The summed E-state index contributed by atoms with van der Waals surface area (Å²) in [7, 11) is 1.97. The molecule has 1 N–H and O–H groups in total. The van der Waals surface area contributed by atoms with Crippen molar-refractivity contribution in [3.63, 3.8) is 0 Å². The maximum atomic E-state index is 4.59. The van der Waals surface area contributed by atoms with Crippen LogP contribution in [0.1, 0.15) is 42.9 Å². The molecule has 0 aliphatic heterocycles. The third kappa shape index (κ3) is 3.41. The lowest BCUT2D eigenvalue weighted by molar-refractivity contribution is 0.512. The standard InChI is InChI=1S/C15H22N4/c1-11(2)19-8-6-13(18-19)10-14(16-4)15-9-12(3)5-7-17-15/h5-9,11,14,16H,10H2,1-4H3. The molecule has 2 aromatic rings. The summed E-state index contributed by atoms with van der Waals surface area (Å²) in [4.78, 5) is 4.45. The lowest BCUT2D eigenvalue weighted by atomic mass is 10.1. The average molecular weight is 258 g/mol. The fraction of sp³-hybridized carbons (Fsp3) is 0.467. The normalized spacial score (nSPS) is 12.9. The van der Waals surface area contributed by atoms with E-state index in [4.69, 9.17) is 0 Å². The Morgan fingerprint density at radius 3 is 2.68 bits per heavy atom. The van der Waals surface area contributed by atoms with Crippen molar-refractivity contribution in [1.82, 2.24) is 20.1 Å². The van der Waals surface area contributed by atoms with E-state index in [2.05, 4.69) is 48.3 Å². The van der Waals surface area contributed by atoms with Gasteiger partial charge in [0.15, 0.2) is 0 Å². The van der Waals surface area contributed by atoms with E-state index in [1.54, 1.807) is 0 Å². The van der Waals surface area contributed by atoms with Crippen molar-refractivity contribution in [3.05, 3.63) is 47.5 Å². The van der Waals surface area contributed by atoms with Crippen LogP contribution in [-0.2, 0) is 6.42 Å². The van der Waals surface area contributed by atoms with E-state index in [9.17, 15) is 0 Å². The quantitative estimate of drug-likeness (QED) is 0.896. The second-order valence-corrected chi connectivity index (χ2v) is 5.18. The molecule has 0 fully saturated rings. The van der Waals surface area contributed by atoms with Crippen LogP contribution in [0.2, 0.25) is 0 Å². The fourth-order valence-electron chi connectivity index (χ4n) is 2.09. The maximum absolute atomic E-state index is 4.59. The van der Waals surface area contributed by atoms with Crippen LogP contribution in [0.4, 0.5) is 0 Å². The van der Waals surface area contributed by atoms with Gasteiger partial charge in [-0.1, -0.05) is 0 Å². The van der Waals surface area contributed by atoms with Gasteiger partial charge in [0.2, 0.25) is 0 Å². The molecule has 4 heteroatoms. The summed E-state index contributed by atoms with van der Waals surface area (Å²) in [6, 6.07) is 6.83. The first-order valence-corrected chi connectivity index (χ1v) is 6.74. The van der Waals surface area contributed by atoms with Crippen molar-refractivity contribution in [2.75, 3.05) is 7.05 Å². The minimum atomic E-state index is 0.204. The molecule has 4 nitrogen and oxygen atoms in total. The maximum Gasteiger partial charge on any atom is 0.0644 e. The topological polar surface area (TPSA) is 42.7 Å². The zero-order chi connectivity index (χ0) is 13.8. The third-order valence-corrected chi connectivity index (χ3v) is 3.25. The zero-order valence-corrected chi connectivity index (χ0v) is 12.1. The van der Waals surface area contributed by atoms with Gasteiger partial charge < -0.3 is 5.32 Å². The number of pyridine rings is 1. The van der Waals surface area contributed by atoms with Gasteiger partial charge >= 0.3 is 0 Å². The van der Waals surface area contributed by atoms with Gasteiger partial charge in [-0.3, -0.25) is 9.67 Å². The predicted molar refractivity (Wildman–Crippen MR) is 77.1 cm³/mol. The highest BCUT2D eigenvalue weighted by molar-refractivity contribution is 5.19. The Kier molecular flexibility index (Phi) is 4.32. The van der Waals surface area contributed by atoms with Gasteiger partial charge in [0.25, 0.3) is 0 Å². The van der Waals surface area contributed by atoms with Crippen LogP contribution in [-0.4, -0.2) is 21.8 Å². The number of rotatable bonds is 5. The summed E-state index contributed by atoms with van der Waals surface area (Å²) in [6.45, 7) is 6.36. The molecule has 0 saturated carbocycles. The van der Waals surface area contributed by atoms with Crippen LogP contribution in [0.5, 0.6) is 0 Å². The van der Waals surface area contributed by atoms with Gasteiger partial charge in [0.1, 0.15) is 0 Å². The monoisotopic (exact) mass is 258 g/mol. The second kappa shape index (κ2) is 5.97. The van der Waals surface area contributed by atoms with Crippen molar-refractivity contribution < 1.29 is 0 Å². The summed E-state index contributed by atoms with van der Waals surface area (Å²) in [5.41, 5.74) is 3.40. The number of hydrogen-bond donors (Lipinski definition) is 1. The first kappa shape index (κ1) is 13.7. The molecule has 2 aromatic heterocycles. The highest BCUT2D eigenvalue weighted by Gasteiger charge is 2.13. The summed E-state index contributed by atoms with van der Waals surface area (Å²) in [5, 5.41) is 7.92. The molecule has 0 bridgehead atoms. The minimum absolute atomic E-state index is 0.204. The van der Waals surface area contributed by atoms with E-state index in [0.717, 1.165) is 17.8 Å². The predicted octanol–water partition coefficient (Wildman–Crippen LogP) is 2.67. The number of nitrogens with one attached hydrogen (secondary N) is 1. The van der Waals surface area contributed by atoms with Crippen molar-refractivity contribution >= 4 is 0 Å². The Bertz CT molecular complexity index is 530. The Labute approximate surface area is 114 Å². The summed E-state index contributed by atoms with van der Waals surface area (Å²) >= 11 is 0. The number of hydrogen-bond acceptors (Lipinski definition) is 3. The molecule has 1 unspecified atom stereocenters. The Morgan fingerprint density at radius 2 is 2.11 bits per heavy atom. The van der Waals surface area contributed by atoms with Crippen molar-refractivity contribution in [1.29, 1.82) is 0 Å². The van der Waals surface area contributed by atoms with E-state index in [1.165, 1.54) is 5.56 Å². The highest BCUT2D eigenvalue weighted by Crippen LogP contribution is 2.16. The molecule has 102 valence electrons. The second-order valence-electron chi connectivity index (χ2n) is 5.18. The Hall–Kier alpha value is -1.68. The van der Waals surface area contributed by atoms with Gasteiger partial charge in [0, 0.05) is 24.9 Å². The number of aryl methyl sites for hydroxylation is 1. The molecule has 0 saturated heterocycles. The molecule has 0 spiro atoms. The van der Waals surface area contributed by atoms with E-state index in [1.807, 2.05) is 30.2 Å². The molecule has 0 aromatic carbocycles. The summed E-state index contributed by atoms with van der Waals surface area (Å²) < 4.78 is 1.99. The molecule has 2 rings (SSSR count). The molecule has 0 aliphatic rings. The van der Waals surface area contributed by atoms with Gasteiger partial charge in [0.05, 0.1) is 17.4 Å². The van der Waals surface area contributed by atoms with Gasteiger partial charge in [-0.15, -0.1) is 0 Å². The van der Waals surface area contributed by atoms with Crippen LogP contribution in [0, 0.1) is 6.92 Å². The molecule has 0 aliphatic carbocycles. The van der Waals surface area contributed by atoms with Crippen LogP contribution in [0.25, 0.3) is 0 Å². The molecule has 19 heavy (non-hydrogen) atoms. The number of likely N-dealkylation sites (N-methyl/N-ethyl adjacent to an activating group) is 1. The number of nitrogens with zero attached hydrogens (tertiary/aromatic N) is 3. The fourth-order valence-corrected chi connectivity index (χ4v) is 2.09. The van der Waals surface area contributed by atoms with E-state index in [0.29, 0.717) is 6.04 Å². The molecular formula is C15H22N4. The van der Waals surface area contributed by atoms with Gasteiger partial charge in [-0.05, 0) is 51.6 Å². The highest BCUT2D eigenvalue weighted by atomic mass is 15.3. The van der Waals surface area contributed by atoms with Gasteiger partial charge in [-0.25, -0.2) is 0 Å². The third-order valence-electron chi connectivity index (χ3n) is 3.25. The summed E-state index contributed by atoms with van der Waals surface area (Å²) in [6.07, 6.45) is 4.75. The Morgan fingerprint density at radius 1 is 1.32 bits per heavy atom. The van der Waals surface area contributed by atoms with Crippen LogP contribution in [0.15, 0.2) is 30.6 Å². The van der Waals surface area contributed by atoms with Crippen molar-refractivity contribution in [2.45, 2.75) is 39.3 Å². The number of aromatic nitrogens is 3. The smallest absolute Gasteiger partial charge is 0.0644 e. The van der Waals surface area contributed by atoms with E-state index < -0.39 is 0 Å². The Balaban J connectivity index is 2.14. The molecule has 0 radical (unpaired) electrons. The van der Waals surface area contributed by atoms with Crippen LogP contribution in [0.3, 0.4) is 0 Å². The first-order valence-electron chi connectivity index (χ1n) is 6.74. The molecule has 2 heterocycles. The molecule has 1 atom stereocenters. The van der Waals surface area contributed by atoms with Crippen molar-refractivity contribution in [3.8, 4) is 0 Å². The lowest BCUT2D eigenvalue weighted by Crippen LogP contribution is -2.20. The van der Waals surface area contributed by atoms with Crippen LogP contribution >= 0.6 is 0 Å². The van der Waals surface area contributed by atoms with Crippen molar-refractivity contribution in [2.24, 2.45) is 0 Å². The van der Waals surface area contributed by atoms with E-state index in [-0.39, 0.29) is 6.04 Å².